The zero-order valence-electron chi connectivity index (χ0n) is 17.6. The average Bonchev–Trinajstić information content (AvgIpc) is 3.16. The summed E-state index contributed by atoms with van der Waals surface area (Å²) in [7, 11) is 0. The molecule has 0 saturated carbocycles. The highest BCUT2D eigenvalue weighted by molar-refractivity contribution is 5.86. The van der Waals surface area contributed by atoms with Gasteiger partial charge in [-0.05, 0) is 36.6 Å². The first-order chi connectivity index (χ1) is 14.7. The van der Waals surface area contributed by atoms with Crippen LogP contribution >= 0.6 is 0 Å². The lowest BCUT2D eigenvalue weighted by Crippen LogP contribution is -2.25. The van der Waals surface area contributed by atoms with Gasteiger partial charge in [0.05, 0.1) is 0 Å². The molecule has 1 aromatic heterocycles. The number of rotatable bonds is 7. The largest absolute Gasteiger partial charge is 0.352 e. The van der Waals surface area contributed by atoms with Crippen molar-refractivity contribution in [2.24, 2.45) is 0 Å². The first-order valence-electron chi connectivity index (χ1n) is 10.6. The maximum atomic E-state index is 12.9. The van der Waals surface area contributed by atoms with Crippen LogP contribution in [0.5, 0.6) is 0 Å². The molecule has 3 heteroatoms. The third-order valence-corrected chi connectivity index (χ3v) is 5.74. The van der Waals surface area contributed by atoms with Crippen molar-refractivity contribution in [3.05, 3.63) is 107 Å². The molecule has 4 rings (SSSR count). The summed E-state index contributed by atoms with van der Waals surface area (Å²) >= 11 is 0. The monoisotopic (exact) mass is 396 g/mol. The third kappa shape index (κ3) is 4.30. The zero-order valence-corrected chi connectivity index (χ0v) is 17.6. The number of nitrogens with one attached hydrogen (secondary N) is 1. The Morgan fingerprint density at radius 2 is 1.63 bits per heavy atom. The van der Waals surface area contributed by atoms with Gasteiger partial charge in [0, 0.05) is 42.5 Å². The fraction of sp³-hybridized carbons (Fsp3) is 0.222. The van der Waals surface area contributed by atoms with Gasteiger partial charge in [0.2, 0.25) is 5.91 Å². The van der Waals surface area contributed by atoms with Gasteiger partial charge in [-0.2, -0.15) is 0 Å². The van der Waals surface area contributed by atoms with Gasteiger partial charge in [0.1, 0.15) is 0 Å². The van der Waals surface area contributed by atoms with Crippen LogP contribution in [0.25, 0.3) is 10.9 Å². The molecule has 3 nitrogen and oxygen atoms in total. The molecule has 1 atom stereocenters. The lowest BCUT2D eigenvalue weighted by Gasteiger charge is -2.18. The standard InChI is InChI=1S/C27H28N2O/c1-3-29-19-25(23-11-7-8-12-26(23)29)24(22-15-13-20(2)14-16-22)17-27(30)28-18-21-9-5-4-6-10-21/h4-16,19,24H,3,17-18H2,1-2H3,(H,28,30)/t24-/m1/s1. The summed E-state index contributed by atoms with van der Waals surface area (Å²) < 4.78 is 2.27. The number of fused-ring (bicyclic) bond motifs is 1. The molecule has 4 aromatic rings. The Morgan fingerprint density at radius 1 is 0.933 bits per heavy atom. The minimum Gasteiger partial charge on any atom is -0.352 e. The molecule has 0 spiro atoms. The van der Waals surface area contributed by atoms with Crippen molar-refractivity contribution in [1.29, 1.82) is 0 Å². The molecular formula is C27H28N2O. The summed E-state index contributed by atoms with van der Waals surface area (Å²) in [6.07, 6.45) is 2.65. The fourth-order valence-electron chi connectivity index (χ4n) is 4.07. The second-order valence-electron chi connectivity index (χ2n) is 7.82. The van der Waals surface area contributed by atoms with Gasteiger partial charge in [-0.25, -0.2) is 0 Å². The first-order valence-corrected chi connectivity index (χ1v) is 10.6. The van der Waals surface area contributed by atoms with E-state index in [1.807, 2.05) is 30.3 Å². The highest BCUT2D eigenvalue weighted by Gasteiger charge is 2.22. The number of benzene rings is 3. The number of aromatic nitrogens is 1. The van der Waals surface area contributed by atoms with Gasteiger partial charge in [-0.15, -0.1) is 0 Å². The Bertz CT molecular complexity index is 1130. The lowest BCUT2D eigenvalue weighted by atomic mass is 9.87. The molecule has 0 bridgehead atoms. The number of hydrogen-bond acceptors (Lipinski definition) is 1. The maximum Gasteiger partial charge on any atom is 0.221 e. The van der Waals surface area contributed by atoms with Crippen molar-refractivity contribution < 1.29 is 4.79 Å². The van der Waals surface area contributed by atoms with Crippen LogP contribution in [0.1, 0.15) is 41.5 Å². The molecule has 152 valence electrons. The summed E-state index contributed by atoms with van der Waals surface area (Å²) in [5.74, 6) is 0.0804. The smallest absolute Gasteiger partial charge is 0.221 e. The van der Waals surface area contributed by atoms with Crippen molar-refractivity contribution in [2.45, 2.75) is 39.3 Å². The van der Waals surface area contributed by atoms with Crippen LogP contribution in [0, 0.1) is 6.92 Å². The predicted octanol–water partition coefficient (Wildman–Crippen LogP) is 5.81. The molecule has 0 aliphatic carbocycles. The van der Waals surface area contributed by atoms with Gasteiger partial charge >= 0.3 is 0 Å². The van der Waals surface area contributed by atoms with E-state index in [-0.39, 0.29) is 11.8 Å². The number of carbonyl (C=O) groups excluding carboxylic acids is 1. The van der Waals surface area contributed by atoms with Crippen LogP contribution < -0.4 is 5.32 Å². The van der Waals surface area contributed by atoms with Crippen molar-refractivity contribution in [2.75, 3.05) is 0 Å². The van der Waals surface area contributed by atoms with E-state index in [1.54, 1.807) is 0 Å². The van der Waals surface area contributed by atoms with E-state index >= 15 is 0 Å². The van der Waals surface area contributed by atoms with Crippen LogP contribution in [0.4, 0.5) is 0 Å². The lowest BCUT2D eigenvalue weighted by molar-refractivity contribution is -0.121. The minimum atomic E-state index is 0.0130. The molecule has 0 aliphatic rings. The molecule has 1 N–H and O–H groups in total. The van der Waals surface area contributed by atoms with Gasteiger partial charge in [0.15, 0.2) is 0 Å². The number of carbonyl (C=O) groups is 1. The van der Waals surface area contributed by atoms with E-state index in [0.29, 0.717) is 13.0 Å². The zero-order chi connectivity index (χ0) is 20.9. The molecule has 1 heterocycles. The van der Waals surface area contributed by atoms with E-state index in [4.69, 9.17) is 0 Å². The number of amides is 1. The molecule has 3 aromatic carbocycles. The Morgan fingerprint density at radius 3 is 2.37 bits per heavy atom. The molecule has 0 fully saturated rings. The highest BCUT2D eigenvalue weighted by atomic mass is 16.1. The molecule has 0 saturated heterocycles. The summed E-state index contributed by atoms with van der Waals surface area (Å²) in [6.45, 7) is 5.70. The maximum absolute atomic E-state index is 12.9. The average molecular weight is 397 g/mol. The van der Waals surface area contributed by atoms with Crippen molar-refractivity contribution in [1.82, 2.24) is 9.88 Å². The summed E-state index contributed by atoms with van der Waals surface area (Å²) in [5.41, 5.74) is 5.94. The van der Waals surface area contributed by atoms with Crippen LogP contribution in [0.15, 0.2) is 85.1 Å². The molecule has 0 unspecified atom stereocenters. The van der Waals surface area contributed by atoms with Gasteiger partial charge < -0.3 is 9.88 Å². The van der Waals surface area contributed by atoms with Gasteiger partial charge in [0.25, 0.3) is 0 Å². The normalized spacial score (nSPS) is 12.1. The van der Waals surface area contributed by atoms with E-state index in [9.17, 15) is 4.79 Å². The van der Waals surface area contributed by atoms with Gasteiger partial charge in [-0.3, -0.25) is 4.79 Å². The van der Waals surface area contributed by atoms with Crippen molar-refractivity contribution in [3.63, 3.8) is 0 Å². The highest BCUT2D eigenvalue weighted by Crippen LogP contribution is 2.35. The van der Waals surface area contributed by atoms with E-state index in [0.717, 1.165) is 12.1 Å². The quantitative estimate of drug-likeness (QED) is 0.420. The second kappa shape index (κ2) is 9.00. The fourth-order valence-corrected chi connectivity index (χ4v) is 4.07. The summed E-state index contributed by atoms with van der Waals surface area (Å²) in [5, 5.41) is 4.33. The van der Waals surface area contributed by atoms with Crippen molar-refractivity contribution >= 4 is 16.8 Å². The van der Waals surface area contributed by atoms with E-state index < -0.39 is 0 Å². The molecule has 1 amide bonds. The Labute approximate surface area is 178 Å². The van der Waals surface area contributed by atoms with E-state index in [2.05, 4.69) is 78.5 Å². The Hall–Kier alpha value is -3.33. The van der Waals surface area contributed by atoms with E-state index in [1.165, 1.54) is 27.6 Å². The number of nitrogens with zero attached hydrogens (tertiary/aromatic N) is 1. The van der Waals surface area contributed by atoms with Gasteiger partial charge in [-0.1, -0.05) is 78.4 Å². The van der Waals surface area contributed by atoms with Crippen molar-refractivity contribution in [3.8, 4) is 0 Å². The number of aryl methyl sites for hydroxylation is 2. The van der Waals surface area contributed by atoms with Crippen LogP contribution in [0.3, 0.4) is 0 Å². The number of para-hydroxylation sites is 1. The first kappa shape index (κ1) is 20.0. The molecule has 0 aliphatic heterocycles. The minimum absolute atomic E-state index is 0.0130. The molecule has 0 radical (unpaired) electrons. The molecular weight excluding hydrogens is 368 g/mol. The SMILES string of the molecule is CCn1cc([C@H](CC(=O)NCc2ccccc2)c2ccc(C)cc2)c2ccccc21. The summed E-state index contributed by atoms with van der Waals surface area (Å²) in [4.78, 5) is 12.9. The topological polar surface area (TPSA) is 34.0 Å². The second-order valence-corrected chi connectivity index (χ2v) is 7.82. The Kier molecular flexibility index (Phi) is 5.99. The third-order valence-electron chi connectivity index (χ3n) is 5.74. The van der Waals surface area contributed by atoms with Crippen LogP contribution in [0.2, 0.25) is 0 Å². The Balaban J connectivity index is 1.65. The number of hydrogen-bond donors (Lipinski definition) is 1. The summed E-state index contributed by atoms with van der Waals surface area (Å²) in [6, 6.07) is 27.1. The van der Waals surface area contributed by atoms with Crippen LogP contribution in [-0.2, 0) is 17.9 Å². The van der Waals surface area contributed by atoms with Crippen LogP contribution in [-0.4, -0.2) is 10.5 Å². The molecule has 30 heavy (non-hydrogen) atoms. The predicted molar refractivity (Wildman–Crippen MR) is 124 cm³/mol.